The summed E-state index contributed by atoms with van der Waals surface area (Å²) >= 11 is 12.3. The van der Waals surface area contributed by atoms with Crippen LogP contribution in [-0.2, 0) is 36.7 Å². The minimum atomic E-state index is -5.10. The average Bonchev–Trinajstić information content (AvgIpc) is 3.73. The zero-order valence-corrected chi connectivity index (χ0v) is 25.6. The minimum absolute atomic E-state index is 0.00819. The van der Waals surface area contributed by atoms with Gasteiger partial charge >= 0.3 is 15.6 Å². The van der Waals surface area contributed by atoms with E-state index >= 15 is 4.39 Å². The first-order valence-electron chi connectivity index (χ1n) is 13.0. The van der Waals surface area contributed by atoms with Crippen molar-refractivity contribution < 1.29 is 56.0 Å². The number of halogens is 3. The summed E-state index contributed by atoms with van der Waals surface area (Å²) in [5.41, 5.74) is 6.74. The highest BCUT2D eigenvalue weighted by Gasteiger charge is 2.54. The molecule has 45 heavy (non-hydrogen) atoms. The molecule has 0 radical (unpaired) electrons. The van der Waals surface area contributed by atoms with Gasteiger partial charge in [0.15, 0.2) is 30.1 Å². The molecule has 0 saturated carbocycles. The van der Waals surface area contributed by atoms with Crippen molar-refractivity contribution in [2.45, 2.75) is 49.1 Å². The Hall–Kier alpha value is -2.35. The second-order valence-corrected chi connectivity index (χ2v) is 13.9. The Morgan fingerprint density at radius 1 is 0.889 bits per heavy atom. The van der Waals surface area contributed by atoms with Crippen molar-refractivity contribution in [2.24, 2.45) is 0 Å². The Morgan fingerprint density at radius 3 is 2.29 bits per heavy atom. The number of phosphoric acid groups is 2. The molecule has 3 aliphatic rings. The van der Waals surface area contributed by atoms with Gasteiger partial charge in [-0.15, -0.1) is 0 Å². The van der Waals surface area contributed by atoms with E-state index in [0.717, 1.165) is 17.2 Å². The predicted octanol–water partition coefficient (Wildman–Crippen LogP) is 2.28. The summed E-state index contributed by atoms with van der Waals surface area (Å²) in [4.78, 5) is 37.4. The number of anilines is 1. The SMILES string of the molecule is Nc1ncnc2c1ncn2C1OC2COP(=O)(O)OC3C(O)C(COP(=O)(O)OC2C1F)OC3n1cnc2cc(Cl)c(Cl)cc21. The Balaban J connectivity index is 1.20. The second kappa shape index (κ2) is 11.4. The van der Waals surface area contributed by atoms with Crippen molar-refractivity contribution in [1.29, 1.82) is 0 Å². The third-order valence-corrected chi connectivity index (χ3v) is 10.1. The van der Waals surface area contributed by atoms with Crippen LogP contribution < -0.4 is 5.73 Å². The van der Waals surface area contributed by atoms with Crippen LogP contribution in [-0.4, -0.2) is 93.9 Å². The molecule has 242 valence electrons. The molecule has 0 aliphatic carbocycles. The van der Waals surface area contributed by atoms with Gasteiger partial charge in [-0.05, 0) is 12.1 Å². The third-order valence-electron chi connectivity index (χ3n) is 7.45. The largest absolute Gasteiger partial charge is 0.472 e. The lowest BCUT2D eigenvalue weighted by Crippen LogP contribution is -2.35. The number of hydrogen-bond acceptors (Lipinski definition) is 14. The number of ether oxygens (including phenoxy) is 2. The summed E-state index contributed by atoms with van der Waals surface area (Å²) in [6.45, 7) is -1.67. The normalized spacial score (nSPS) is 37.7. The number of nitrogens with zero attached hydrogens (tertiary/aromatic N) is 6. The molecule has 3 saturated heterocycles. The van der Waals surface area contributed by atoms with Gasteiger partial charge in [0.05, 0.1) is 46.9 Å². The van der Waals surface area contributed by atoms with Gasteiger partial charge in [-0.2, -0.15) is 0 Å². The number of aliphatic hydroxyl groups is 1. The van der Waals surface area contributed by atoms with Gasteiger partial charge in [0.2, 0.25) is 0 Å². The van der Waals surface area contributed by atoms with Crippen molar-refractivity contribution in [1.82, 2.24) is 29.1 Å². The molecule has 10 atom stereocenters. The molecule has 3 fully saturated rings. The zero-order valence-electron chi connectivity index (χ0n) is 22.3. The summed E-state index contributed by atoms with van der Waals surface area (Å²) in [7, 11) is -10.2. The Labute approximate surface area is 260 Å². The highest BCUT2D eigenvalue weighted by molar-refractivity contribution is 7.47. The lowest BCUT2D eigenvalue weighted by atomic mass is 10.1. The summed E-state index contributed by atoms with van der Waals surface area (Å²) in [5.74, 6) is 0.00819. The number of imidazole rings is 2. The zero-order chi connectivity index (χ0) is 31.8. The molecule has 5 N–H and O–H groups in total. The number of benzene rings is 1. The fraction of sp³-hybridized carbons (Fsp3) is 0.455. The molecular weight excluding hydrogens is 690 g/mol. The average molecular weight is 712 g/mol. The first kappa shape index (κ1) is 31.3. The number of rotatable bonds is 2. The van der Waals surface area contributed by atoms with Gasteiger partial charge in [-0.1, -0.05) is 23.2 Å². The Kier molecular flexibility index (Phi) is 7.93. The van der Waals surface area contributed by atoms with E-state index < -0.39 is 78.0 Å². The molecule has 18 nitrogen and oxygen atoms in total. The Bertz CT molecular complexity index is 1890. The molecular formula is C22H22Cl2FN7O11P2. The van der Waals surface area contributed by atoms with E-state index in [1.54, 1.807) is 0 Å². The molecule has 10 unspecified atom stereocenters. The number of aromatic nitrogens is 6. The molecule has 4 aromatic rings. The van der Waals surface area contributed by atoms with Crippen molar-refractivity contribution in [3.63, 3.8) is 0 Å². The summed E-state index contributed by atoms with van der Waals surface area (Å²) < 4.78 is 77.0. The highest BCUT2D eigenvalue weighted by Crippen LogP contribution is 2.54. The van der Waals surface area contributed by atoms with Crippen molar-refractivity contribution in [2.75, 3.05) is 18.9 Å². The number of hydrogen-bond donors (Lipinski definition) is 4. The summed E-state index contributed by atoms with van der Waals surface area (Å²) in [6, 6.07) is 2.93. The highest BCUT2D eigenvalue weighted by atomic mass is 35.5. The van der Waals surface area contributed by atoms with E-state index in [1.807, 2.05) is 0 Å². The molecule has 0 spiro atoms. The van der Waals surface area contributed by atoms with E-state index in [9.17, 15) is 24.0 Å². The monoisotopic (exact) mass is 711 g/mol. The van der Waals surface area contributed by atoms with Crippen LogP contribution in [0.4, 0.5) is 10.2 Å². The molecule has 23 heteroatoms. The van der Waals surface area contributed by atoms with E-state index in [-0.39, 0.29) is 27.0 Å². The van der Waals surface area contributed by atoms with Crippen LogP contribution in [0.5, 0.6) is 0 Å². The van der Waals surface area contributed by atoms with E-state index in [0.29, 0.717) is 11.0 Å². The van der Waals surface area contributed by atoms with Gasteiger partial charge < -0.3 is 34.7 Å². The van der Waals surface area contributed by atoms with E-state index in [2.05, 4.69) is 19.9 Å². The van der Waals surface area contributed by atoms with Gasteiger partial charge in [-0.25, -0.2) is 33.5 Å². The van der Waals surface area contributed by atoms with Crippen molar-refractivity contribution in [3.8, 4) is 0 Å². The lowest BCUT2D eigenvalue weighted by Gasteiger charge is -2.25. The van der Waals surface area contributed by atoms with Gasteiger partial charge in [-0.3, -0.25) is 22.7 Å². The number of nitrogens with two attached hydrogens (primary N) is 1. The second-order valence-electron chi connectivity index (χ2n) is 10.2. The summed E-state index contributed by atoms with van der Waals surface area (Å²) in [5, 5.41) is 11.4. The smallest absolute Gasteiger partial charge is 0.387 e. The van der Waals surface area contributed by atoms with E-state index in [4.69, 9.17) is 56.5 Å². The van der Waals surface area contributed by atoms with Crippen LogP contribution >= 0.6 is 38.8 Å². The van der Waals surface area contributed by atoms with Crippen LogP contribution in [0.1, 0.15) is 12.5 Å². The molecule has 1 aromatic carbocycles. The van der Waals surface area contributed by atoms with Crippen LogP contribution in [0.3, 0.4) is 0 Å². The molecule has 3 aromatic heterocycles. The standard InChI is InChI=1S/C22H22Cl2FN7O11P2/c23-8-1-10-11(2-9(8)24)31(6-29-10)22-18-16(33)12(40-22)3-38-44(34,35)42-17-13(4-39-45(36,37)43-18)41-21(14(17)25)32-7-30-15-19(26)27-5-28-20(15)32/h1-2,5-7,12-14,16-18,21-22,33H,3-4H2,(H,34,35)(H,36,37)(H2,26,27,28). The molecule has 3 aliphatic heterocycles. The van der Waals surface area contributed by atoms with Gasteiger partial charge in [0.25, 0.3) is 0 Å². The maximum absolute atomic E-state index is 15.9. The fourth-order valence-electron chi connectivity index (χ4n) is 5.36. The first-order valence-corrected chi connectivity index (χ1v) is 16.8. The predicted molar refractivity (Wildman–Crippen MR) is 150 cm³/mol. The van der Waals surface area contributed by atoms with Gasteiger partial charge in [0, 0.05) is 0 Å². The number of alkyl halides is 1. The van der Waals surface area contributed by atoms with Crippen LogP contribution in [0.2, 0.25) is 10.0 Å². The lowest BCUT2D eigenvalue weighted by molar-refractivity contribution is -0.0669. The summed E-state index contributed by atoms with van der Waals surface area (Å²) in [6.07, 6.45) is -9.69. The number of aliphatic hydroxyl groups excluding tert-OH is 1. The molecule has 6 heterocycles. The maximum atomic E-state index is 15.9. The van der Waals surface area contributed by atoms with Crippen LogP contribution in [0, 0.1) is 0 Å². The number of phosphoric ester groups is 2. The number of fused-ring (bicyclic) bond motifs is 5. The third kappa shape index (κ3) is 5.65. The molecule has 0 amide bonds. The Morgan fingerprint density at radius 2 is 1.53 bits per heavy atom. The van der Waals surface area contributed by atoms with Crippen LogP contribution in [0.25, 0.3) is 22.2 Å². The minimum Gasteiger partial charge on any atom is -0.387 e. The quantitative estimate of drug-likeness (QED) is 0.218. The van der Waals surface area contributed by atoms with Gasteiger partial charge in [0.1, 0.15) is 42.4 Å². The topological polar surface area (TPSA) is 238 Å². The number of nitrogen functional groups attached to an aromatic ring is 1. The van der Waals surface area contributed by atoms with E-state index in [1.165, 1.54) is 23.0 Å². The first-order chi connectivity index (χ1) is 21.3. The van der Waals surface area contributed by atoms with Crippen LogP contribution in [0.15, 0.2) is 31.1 Å². The fourth-order valence-corrected chi connectivity index (χ4v) is 7.56. The van der Waals surface area contributed by atoms with Crippen molar-refractivity contribution >= 4 is 66.9 Å². The molecule has 7 rings (SSSR count). The maximum Gasteiger partial charge on any atom is 0.472 e. The molecule has 2 bridgehead atoms. The van der Waals surface area contributed by atoms with Crippen molar-refractivity contribution in [3.05, 3.63) is 41.2 Å².